The molecule has 15 heavy (non-hydrogen) atoms. The van der Waals surface area contributed by atoms with Crippen molar-refractivity contribution in [2.45, 2.75) is 6.04 Å². The number of furan rings is 1. The van der Waals surface area contributed by atoms with E-state index in [-0.39, 0.29) is 0 Å². The van der Waals surface area contributed by atoms with Crippen molar-refractivity contribution < 1.29 is 14.3 Å². The topological polar surface area (TPSA) is 89.4 Å². The van der Waals surface area contributed by atoms with Gasteiger partial charge in [-0.25, -0.2) is 4.98 Å². The van der Waals surface area contributed by atoms with Crippen LogP contribution in [0.1, 0.15) is 11.7 Å². The summed E-state index contributed by atoms with van der Waals surface area (Å²) in [6.45, 7) is 0. The minimum absolute atomic E-state index is 0.365. The van der Waals surface area contributed by atoms with Gasteiger partial charge in [-0.3, -0.25) is 4.79 Å². The fourth-order valence-corrected chi connectivity index (χ4v) is 1.92. The number of aliphatic carboxylic acids is 1. The van der Waals surface area contributed by atoms with Gasteiger partial charge in [-0.2, -0.15) is 0 Å². The second-order valence-electron chi connectivity index (χ2n) is 2.91. The van der Waals surface area contributed by atoms with Crippen LogP contribution in [0.5, 0.6) is 0 Å². The van der Waals surface area contributed by atoms with Crippen molar-refractivity contribution in [1.82, 2.24) is 4.98 Å². The van der Waals surface area contributed by atoms with Crippen molar-refractivity contribution in [2.75, 3.05) is 0 Å². The van der Waals surface area contributed by atoms with Crippen LogP contribution in [0.4, 0.5) is 0 Å². The van der Waals surface area contributed by atoms with Crippen molar-refractivity contribution in [1.29, 1.82) is 0 Å². The predicted molar refractivity (Wildman–Crippen MR) is 54.4 cm³/mol. The highest BCUT2D eigenvalue weighted by molar-refractivity contribution is 7.13. The van der Waals surface area contributed by atoms with E-state index in [1.54, 1.807) is 17.7 Å². The van der Waals surface area contributed by atoms with Gasteiger partial charge in [-0.15, -0.1) is 11.3 Å². The molecule has 0 aliphatic heterocycles. The van der Waals surface area contributed by atoms with E-state index in [1.165, 1.54) is 17.6 Å². The zero-order valence-electron chi connectivity index (χ0n) is 7.58. The summed E-state index contributed by atoms with van der Waals surface area (Å²) < 4.78 is 4.91. The first-order chi connectivity index (χ1) is 7.18. The molecule has 0 fully saturated rings. The van der Waals surface area contributed by atoms with Gasteiger partial charge < -0.3 is 15.3 Å². The first-order valence-corrected chi connectivity index (χ1v) is 5.03. The van der Waals surface area contributed by atoms with Gasteiger partial charge >= 0.3 is 5.97 Å². The number of aromatic nitrogens is 1. The second kappa shape index (κ2) is 3.84. The first kappa shape index (κ1) is 9.88. The number of hydrogen-bond donors (Lipinski definition) is 2. The monoisotopic (exact) mass is 224 g/mol. The number of carbonyl (C=O) groups is 1. The number of thiazole rings is 1. The molecule has 0 spiro atoms. The van der Waals surface area contributed by atoms with Gasteiger partial charge in [0.2, 0.25) is 0 Å². The van der Waals surface area contributed by atoms with Gasteiger partial charge in [0.25, 0.3) is 0 Å². The van der Waals surface area contributed by atoms with Crippen LogP contribution >= 0.6 is 11.3 Å². The van der Waals surface area contributed by atoms with Crippen LogP contribution in [0.3, 0.4) is 0 Å². The van der Waals surface area contributed by atoms with Gasteiger partial charge in [0.05, 0.1) is 12.0 Å². The SMILES string of the molecule is NC(C(=O)O)c1csc(-c2ccoc2)n1. The van der Waals surface area contributed by atoms with Crippen molar-refractivity contribution in [3.63, 3.8) is 0 Å². The molecule has 0 radical (unpaired) electrons. The minimum Gasteiger partial charge on any atom is -0.480 e. The second-order valence-corrected chi connectivity index (χ2v) is 3.76. The van der Waals surface area contributed by atoms with E-state index in [2.05, 4.69) is 4.98 Å². The third kappa shape index (κ3) is 1.90. The Kier molecular flexibility index (Phi) is 2.53. The normalized spacial score (nSPS) is 12.6. The summed E-state index contributed by atoms with van der Waals surface area (Å²) in [5, 5.41) is 11.0. The highest BCUT2D eigenvalue weighted by Crippen LogP contribution is 2.25. The summed E-state index contributed by atoms with van der Waals surface area (Å²) in [5.74, 6) is -1.08. The molecule has 0 bridgehead atoms. The van der Waals surface area contributed by atoms with Crippen LogP contribution in [0, 0.1) is 0 Å². The van der Waals surface area contributed by atoms with E-state index in [9.17, 15) is 4.79 Å². The van der Waals surface area contributed by atoms with E-state index in [0.29, 0.717) is 10.7 Å². The standard InChI is InChI=1S/C9H8N2O3S/c10-7(9(12)13)6-4-15-8(11-6)5-1-2-14-3-5/h1-4,7H,10H2,(H,12,13). The van der Waals surface area contributed by atoms with Crippen molar-refractivity contribution in [3.05, 3.63) is 29.7 Å². The maximum absolute atomic E-state index is 10.6. The molecule has 2 rings (SSSR count). The highest BCUT2D eigenvalue weighted by atomic mass is 32.1. The first-order valence-electron chi connectivity index (χ1n) is 4.15. The molecule has 2 aromatic heterocycles. The van der Waals surface area contributed by atoms with E-state index in [1.807, 2.05) is 0 Å². The largest absolute Gasteiger partial charge is 0.480 e. The van der Waals surface area contributed by atoms with Crippen LogP contribution in [-0.2, 0) is 4.79 Å². The van der Waals surface area contributed by atoms with Gasteiger partial charge in [0, 0.05) is 10.9 Å². The van der Waals surface area contributed by atoms with E-state index in [4.69, 9.17) is 15.3 Å². The molecule has 3 N–H and O–H groups in total. The quantitative estimate of drug-likeness (QED) is 0.824. The number of rotatable bonds is 3. The lowest BCUT2D eigenvalue weighted by atomic mass is 10.2. The Morgan fingerprint density at radius 1 is 1.67 bits per heavy atom. The van der Waals surface area contributed by atoms with Gasteiger partial charge in [-0.05, 0) is 6.07 Å². The highest BCUT2D eigenvalue weighted by Gasteiger charge is 2.18. The Bertz CT molecular complexity index is 463. The molecule has 0 saturated carbocycles. The van der Waals surface area contributed by atoms with Gasteiger partial charge in [0.15, 0.2) is 0 Å². The molecule has 5 nitrogen and oxygen atoms in total. The molecule has 0 aromatic carbocycles. The van der Waals surface area contributed by atoms with E-state index >= 15 is 0 Å². The lowest BCUT2D eigenvalue weighted by molar-refractivity contribution is -0.138. The molecule has 0 saturated heterocycles. The average Bonchev–Trinajstić information content (AvgIpc) is 2.86. The summed E-state index contributed by atoms with van der Waals surface area (Å²) in [6, 6.07) is 0.691. The zero-order chi connectivity index (χ0) is 10.8. The lowest BCUT2D eigenvalue weighted by Crippen LogP contribution is -2.20. The van der Waals surface area contributed by atoms with E-state index < -0.39 is 12.0 Å². The maximum atomic E-state index is 10.6. The molecule has 2 heterocycles. The van der Waals surface area contributed by atoms with Crippen molar-refractivity contribution in [3.8, 4) is 10.6 Å². The van der Waals surface area contributed by atoms with Crippen LogP contribution in [0.2, 0.25) is 0 Å². The Hall–Kier alpha value is -1.66. The maximum Gasteiger partial charge on any atom is 0.326 e. The zero-order valence-corrected chi connectivity index (χ0v) is 8.40. The third-order valence-corrected chi connectivity index (χ3v) is 2.78. The predicted octanol–water partition coefficient (Wildman–Crippen LogP) is 1.49. The number of carboxylic acid groups (broad SMARTS) is 1. The summed E-state index contributed by atoms with van der Waals surface area (Å²) in [4.78, 5) is 14.7. The number of carboxylic acids is 1. The lowest BCUT2D eigenvalue weighted by Gasteiger charge is -1.99. The summed E-state index contributed by atoms with van der Waals surface area (Å²) in [7, 11) is 0. The smallest absolute Gasteiger partial charge is 0.326 e. The van der Waals surface area contributed by atoms with Crippen molar-refractivity contribution >= 4 is 17.3 Å². The number of nitrogens with zero attached hydrogens (tertiary/aromatic N) is 1. The summed E-state index contributed by atoms with van der Waals surface area (Å²) in [6.07, 6.45) is 3.09. The molecule has 0 aliphatic carbocycles. The minimum atomic E-state index is -1.08. The fourth-order valence-electron chi connectivity index (χ4n) is 1.07. The van der Waals surface area contributed by atoms with Crippen LogP contribution in [-0.4, -0.2) is 16.1 Å². The summed E-state index contributed by atoms with van der Waals surface area (Å²) in [5.41, 5.74) is 6.61. The van der Waals surface area contributed by atoms with Crippen molar-refractivity contribution in [2.24, 2.45) is 5.73 Å². The fraction of sp³-hybridized carbons (Fsp3) is 0.111. The molecule has 0 amide bonds. The van der Waals surface area contributed by atoms with Crippen LogP contribution in [0.15, 0.2) is 28.4 Å². The molecule has 6 heteroatoms. The molecular formula is C9H8N2O3S. The number of hydrogen-bond acceptors (Lipinski definition) is 5. The van der Waals surface area contributed by atoms with Crippen LogP contribution in [0.25, 0.3) is 10.6 Å². The molecule has 1 atom stereocenters. The third-order valence-electron chi connectivity index (χ3n) is 1.87. The Morgan fingerprint density at radius 2 is 2.47 bits per heavy atom. The Labute approximate surface area is 89.2 Å². The Morgan fingerprint density at radius 3 is 3.07 bits per heavy atom. The molecule has 1 unspecified atom stereocenters. The average molecular weight is 224 g/mol. The summed E-state index contributed by atoms with van der Waals surface area (Å²) >= 11 is 1.34. The van der Waals surface area contributed by atoms with E-state index in [0.717, 1.165) is 5.56 Å². The molecular weight excluding hydrogens is 216 g/mol. The van der Waals surface area contributed by atoms with Gasteiger partial charge in [0.1, 0.15) is 17.3 Å². The van der Waals surface area contributed by atoms with Crippen LogP contribution < -0.4 is 5.73 Å². The molecule has 2 aromatic rings. The number of nitrogens with two attached hydrogens (primary N) is 1. The van der Waals surface area contributed by atoms with Gasteiger partial charge in [-0.1, -0.05) is 0 Å². The Balaban J connectivity index is 2.28. The molecule has 78 valence electrons. The molecule has 0 aliphatic rings.